The molecule has 2 heterocycles. The van der Waals surface area contributed by atoms with E-state index in [0.29, 0.717) is 60.6 Å². The van der Waals surface area contributed by atoms with Gasteiger partial charge in [0.2, 0.25) is 0 Å². The fraction of sp³-hybridized carbons (Fsp3) is 0.625. The molecule has 3 atom stereocenters. The van der Waals surface area contributed by atoms with Crippen LogP contribution in [0.15, 0.2) is 24.4 Å². The van der Waals surface area contributed by atoms with Gasteiger partial charge in [-0.2, -0.15) is 0 Å². The molecular weight excluding hydrogens is 392 g/mol. The lowest BCUT2D eigenvalue weighted by Crippen LogP contribution is -2.54. The minimum Gasteiger partial charge on any atom is -0.380 e. The van der Waals surface area contributed by atoms with Gasteiger partial charge >= 0.3 is 0 Å². The second kappa shape index (κ2) is 8.99. The van der Waals surface area contributed by atoms with Crippen molar-refractivity contribution in [1.29, 1.82) is 0 Å². The first-order chi connectivity index (χ1) is 14.9. The van der Waals surface area contributed by atoms with Crippen molar-refractivity contribution >= 4 is 17.5 Å². The molecule has 31 heavy (non-hydrogen) atoms. The highest BCUT2D eigenvalue weighted by molar-refractivity contribution is 5.95. The summed E-state index contributed by atoms with van der Waals surface area (Å²) >= 11 is 0. The van der Waals surface area contributed by atoms with Crippen molar-refractivity contribution in [2.45, 2.75) is 46.5 Å². The van der Waals surface area contributed by atoms with Crippen LogP contribution in [0.2, 0.25) is 0 Å². The number of hydrogen-bond acceptors (Lipinski definition) is 4. The molecule has 2 aromatic heterocycles. The number of carbonyl (C=O) groups excluding carboxylic acids is 2. The minimum atomic E-state index is -0.265. The van der Waals surface area contributed by atoms with Crippen LogP contribution in [0.5, 0.6) is 0 Å². The molecule has 0 unspecified atom stereocenters. The largest absolute Gasteiger partial charge is 0.380 e. The van der Waals surface area contributed by atoms with Gasteiger partial charge in [0.25, 0.3) is 11.8 Å². The predicted molar refractivity (Wildman–Crippen MR) is 119 cm³/mol. The van der Waals surface area contributed by atoms with E-state index in [1.807, 2.05) is 6.92 Å². The van der Waals surface area contributed by atoms with Gasteiger partial charge in [0.05, 0.1) is 6.61 Å². The summed E-state index contributed by atoms with van der Waals surface area (Å²) in [5.74, 6) is 1.71. The minimum absolute atomic E-state index is 0.123. The maximum absolute atomic E-state index is 13.0. The second-order valence-corrected chi connectivity index (χ2v) is 9.54. The highest BCUT2D eigenvalue weighted by Gasteiger charge is 2.53. The van der Waals surface area contributed by atoms with Crippen molar-refractivity contribution in [3.05, 3.63) is 35.8 Å². The maximum atomic E-state index is 13.0. The lowest BCUT2D eigenvalue weighted by Gasteiger charge is -2.60. The summed E-state index contributed by atoms with van der Waals surface area (Å²) < 4.78 is 7.08. The molecule has 2 aromatic rings. The fourth-order valence-electron chi connectivity index (χ4n) is 5.40. The summed E-state index contributed by atoms with van der Waals surface area (Å²) in [6.45, 7) is 9.07. The lowest BCUT2D eigenvalue weighted by atomic mass is 9.45. The van der Waals surface area contributed by atoms with Gasteiger partial charge < -0.3 is 15.4 Å². The van der Waals surface area contributed by atoms with Gasteiger partial charge in [0, 0.05) is 25.9 Å². The van der Waals surface area contributed by atoms with Crippen molar-refractivity contribution in [3.8, 4) is 0 Å². The number of aromatic nitrogens is 2. The Bertz CT molecular complexity index is 949. The van der Waals surface area contributed by atoms with Crippen molar-refractivity contribution in [2.24, 2.45) is 23.2 Å². The molecule has 168 valence electrons. The van der Waals surface area contributed by atoms with Gasteiger partial charge in [-0.25, -0.2) is 4.98 Å². The van der Waals surface area contributed by atoms with E-state index >= 15 is 0 Å². The molecule has 7 heteroatoms. The van der Waals surface area contributed by atoms with Crippen LogP contribution in [-0.2, 0) is 4.74 Å². The van der Waals surface area contributed by atoms with Crippen LogP contribution in [-0.4, -0.2) is 47.5 Å². The molecule has 7 nitrogen and oxygen atoms in total. The van der Waals surface area contributed by atoms with Gasteiger partial charge in [-0.3, -0.25) is 14.0 Å². The van der Waals surface area contributed by atoms with Crippen LogP contribution in [0.25, 0.3) is 5.65 Å². The first kappa shape index (κ1) is 21.8. The van der Waals surface area contributed by atoms with E-state index in [-0.39, 0.29) is 11.8 Å². The number of nitrogens with zero attached hydrogens (tertiary/aromatic N) is 2. The summed E-state index contributed by atoms with van der Waals surface area (Å²) in [6.07, 6.45) is 6.34. The summed E-state index contributed by atoms with van der Waals surface area (Å²) in [6, 6.07) is 5.38. The number of hydrogen-bond donors (Lipinski definition) is 2. The Kier molecular flexibility index (Phi) is 6.32. The van der Waals surface area contributed by atoms with E-state index in [9.17, 15) is 9.59 Å². The lowest BCUT2D eigenvalue weighted by molar-refractivity contribution is -0.103. The average molecular weight is 427 g/mol. The van der Waals surface area contributed by atoms with Gasteiger partial charge in [-0.05, 0) is 61.0 Å². The standard InChI is InChI=1S/C24H34N4O3/c1-4-11-31-12-10-25-22(29)19-15-28-20(6-5-7-21(28)27-19)23(30)26-14-16-8-9-17-13-18(16)24(17,2)3/h5-7,15-18H,4,8-14H2,1-3H3,(H,25,29)(H,26,30)/t16-,17-,18-/m0/s1. The SMILES string of the molecule is CCCOCCNC(=O)c1cn2c(C(=O)NC[C@@H]3CC[C@H]4C[C@@H]3C4(C)C)cccc2n1. The molecule has 3 fully saturated rings. The molecule has 0 aromatic carbocycles. The summed E-state index contributed by atoms with van der Waals surface area (Å²) in [4.78, 5) is 29.8. The van der Waals surface area contributed by atoms with Crippen LogP contribution in [0.4, 0.5) is 0 Å². The smallest absolute Gasteiger partial charge is 0.271 e. The topological polar surface area (TPSA) is 84.7 Å². The number of pyridine rings is 1. The Morgan fingerprint density at radius 3 is 2.77 bits per heavy atom. The van der Waals surface area contributed by atoms with Crippen LogP contribution in [0.1, 0.15) is 67.4 Å². The van der Waals surface area contributed by atoms with Crippen molar-refractivity contribution in [2.75, 3.05) is 26.3 Å². The van der Waals surface area contributed by atoms with Gasteiger partial charge in [0.15, 0.2) is 0 Å². The molecule has 0 spiro atoms. The Morgan fingerprint density at radius 1 is 1.19 bits per heavy atom. The molecule has 0 aliphatic heterocycles. The monoisotopic (exact) mass is 426 g/mol. The number of ether oxygens (including phenoxy) is 1. The molecular formula is C24H34N4O3. The zero-order valence-electron chi connectivity index (χ0n) is 18.8. The molecule has 2 amide bonds. The molecule has 3 saturated carbocycles. The fourth-order valence-corrected chi connectivity index (χ4v) is 5.40. The van der Waals surface area contributed by atoms with E-state index in [0.717, 1.165) is 12.3 Å². The van der Waals surface area contributed by atoms with Crippen LogP contribution >= 0.6 is 0 Å². The van der Waals surface area contributed by atoms with Gasteiger partial charge in [-0.15, -0.1) is 0 Å². The molecule has 2 bridgehead atoms. The van der Waals surface area contributed by atoms with Crippen molar-refractivity contribution in [3.63, 3.8) is 0 Å². The van der Waals surface area contributed by atoms with E-state index in [4.69, 9.17) is 4.74 Å². The molecule has 0 saturated heterocycles. The number of imidazole rings is 1. The van der Waals surface area contributed by atoms with Crippen LogP contribution in [0, 0.1) is 23.2 Å². The van der Waals surface area contributed by atoms with Gasteiger partial charge in [-0.1, -0.05) is 26.8 Å². The quantitative estimate of drug-likeness (QED) is 0.603. The predicted octanol–water partition coefficient (Wildman–Crippen LogP) is 3.29. The van der Waals surface area contributed by atoms with E-state index in [1.165, 1.54) is 19.3 Å². The van der Waals surface area contributed by atoms with Crippen molar-refractivity contribution in [1.82, 2.24) is 20.0 Å². The highest BCUT2D eigenvalue weighted by Crippen LogP contribution is 2.61. The first-order valence-electron chi connectivity index (χ1n) is 11.5. The zero-order chi connectivity index (χ0) is 22.0. The van der Waals surface area contributed by atoms with Crippen LogP contribution < -0.4 is 10.6 Å². The molecule has 3 aliphatic carbocycles. The van der Waals surface area contributed by atoms with Crippen LogP contribution in [0.3, 0.4) is 0 Å². The van der Waals surface area contributed by atoms with E-state index in [1.54, 1.807) is 28.8 Å². The molecule has 2 N–H and O–H groups in total. The molecule has 0 radical (unpaired) electrons. The van der Waals surface area contributed by atoms with Crippen molar-refractivity contribution < 1.29 is 14.3 Å². The molecule has 3 aliphatic rings. The Labute approximate surface area is 183 Å². The normalized spacial score (nSPS) is 23.9. The zero-order valence-corrected chi connectivity index (χ0v) is 18.8. The average Bonchev–Trinajstić information content (AvgIpc) is 3.21. The molecule has 5 rings (SSSR count). The second-order valence-electron chi connectivity index (χ2n) is 9.54. The van der Waals surface area contributed by atoms with E-state index < -0.39 is 0 Å². The summed E-state index contributed by atoms with van der Waals surface area (Å²) in [5.41, 5.74) is 1.78. The summed E-state index contributed by atoms with van der Waals surface area (Å²) in [5, 5.41) is 5.95. The highest BCUT2D eigenvalue weighted by atomic mass is 16.5. The Morgan fingerprint density at radius 2 is 2.03 bits per heavy atom. The first-order valence-corrected chi connectivity index (χ1v) is 11.5. The summed E-state index contributed by atoms with van der Waals surface area (Å²) in [7, 11) is 0. The Balaban J connectivity index is 1.38. The third-order valence-corrected chi connectivity index (χ3v) is 7.36. The number of carbonyl (C=O) groups is 2. The third kappa shape index (κ3) is 4.33. The number of fused-ring (bicyclic) bond motifs is 3. The number of amides is 2. The third-order valence-electron chi connectivity index (χ3n) is 7.36. The van der Waals surface area contributed by atoms with E-state index in [2.05, 4.69) is 29.5 Å². The number of rotatable bonds is 9. The maximum Gasteiger partial charge on any atom is 0.271 e. The number of nitrogens with one attached hydrogen (secondary N) is 2. The Hall–Kier alpha value is -2.41. The van der Waals surface area contributed by atoms with Gasteiger partial charge in [0.1, 0.15) is 17.0 Å².